The van der Waals surface area contributed by atoms with Crippen molar-refractivity contribution in [3.63, 3.8) is 0 Å². The van der Waals surface area contributed by atoms with Gasteiger partial charge in [-0.3, -0.25) is 0 Å². The predicted octanol–water partition coefficient (Wildman–Crippen LogP) is 2.80. The molecule has 2 rings (SSSR count). The van der Waals surface area contributed by atoms with E-state index in [0.717, 1.165) is 9.13 Å². The summed E-state index contributed by atoms with van der Waals surface area (Å²) in [7, 11) is -4.17. The van der Waals surface area contributed by atoms with Crippen LogP contribution >= 0.6 is 22.6 Å². The average Bonchev–Trinajstić information content (AvgIpc) is 2.38. The molecule has 0 atom stereocenters. The van der Waals surface area contributed by atoms with Crippen LogP contribution in [0.3, 0.4) is 0 Å². The van der Waals surface area contributed by atoms with E-state index in [0.29, 0.717) is 12.1 Å². The van der Waals surface area contributed by atoms with Gasteiger partial charge in [0, 0.05) is 3.57 Å². The summed E-state index contributed by atoms with van der Waals surface area (Å²) in [6.07, 6.45) is 0. The monoisotopic (exact) mass is 425 g/mol. The molecule has 4 nitrogen and oxygen atoms in total. The van der Waals surface area contributed by atoms with Crippen LogP contribution in [0.25, 0.3) is 0 Å². The molecule has 0 radical (unpaired) electrons. The fourth-order valence-electron chi connectivity index (χ4n) is 1.57. The van der Waals surface area contributed by atoms with E-state index in [1.807, 2.05) is 12.1 Å². The zero-order valence-electron chi connectivity index (χ0n) is 10.5. The maximum atomic E-state index is 13.7. The van der Waals surface area contributed by atoms with Gasteiger partial charge in [0.2, 0.25) is 10.0 Å². The van der Waals surface area contributed by atoms with Crippen LogP contribution in [0.1, 0.15) is 5.56 Å². The summed E-state index contributed by atoms with van der Waals surface area (Å²) in [5.74, 6) is -2.88. The van der Waals surface area contributed by atoms with Gasteiger partial charge in [0.1, 0.15) is 6.61 Å². The van der Waals surface area contributed by atoms with Gasteiger partial charge in [0.05, 0.1) is 4.90 Å². The van der Waals surface area contributed by atoms with Crippen molar-refractivity contribution in [2.75, 3.05) is 0 Å². The van der Waals surface area contributed by atoms with Gasteiger partial charge in [-0.15, -0.1) is 0 Å². The third-order valence-electron chi connectivity index (χ3n) is 2.60. The molecule has 0 heterocycles. The number of benzene rings is 2. The summed E-state index contributed by atoms with van der Waals surface area (Å²) in [4.78, 5) is -0.640. The first-order valence-corrected chi connectivity index (χ1v) is 8.29. The van der Waals surface area contributed by atoms with Crippen molar-refractivity contribution in [2.45, 2.75) is 11.5 Å². The van der Waals surface area contributed by atoms with E-state index in [9.17, 15) is 17.2 Å². The molecule has 2 aromatic rings. The van der Waals surface area contributed by atoms with Crippen molar-refractivity contribution < 1.29 is 21.9 Å². The molecule has 0 amide bonds. The Bertz CT molecular complexity index is 740. The lowest BCUT2D eigenvalue weighted by molar-refractivity contribution is 0.273. The SMILES string of the molecule is NS(=O)(=O)c1cc(F)c(OCc2ccc(I)cc2)c(F)c1. The highest BCUT2D eigenvalue weighted by Gasteiger charge is 2.18. The number of ether oxygens (including phenoxy) is 1. The summed E-state index contributed by atoms with van der Waals surface area (Å²) in [6, 6.07) is 8.43. The first kappa shape index (κ1) is 16.1. The highest BCUT2D eigenvalue weighted by atomic mass is 127. The molecule has 0 aromatic heterocycles. The quantitative estimate of drug-likeness (QED) is 0.767. The topological polar surface area (TPSA) is 69.4 Å². The highest BCUT2D eigenvalue weighted by molar-refractivity contribution is 14.1. The van der Waals surface area contributed by atoms with Crippen molar-refractivity contribution in [1.82, 2.24) is 0 Å². The molecule has 21 heavy (non-hydrogen) atoms. The second-order valence-corrected chi connectivity index (χ2v) is 6.98. The molecule has 2 aromatic carbocycles. The number of nitrogens with two attached hydrogens (primary N) is 1. The van der Waals surface area contributed by atoms with Crippen molar-refractivity contribution in [3.05, 3.63) is 57.2 Å². The summed E-state index contributed by atoms with van der Waals surface area (Å²) in [5.41, 5.74) is 0.727. The van der Waals surface area contributed by atoms with Crippen molar-refractivity contribution >= 4 is 32.6 Å². The minimum absolute atomic E-state index is 0.0422. The Morgan fingerprint density at radius 2 is 1.62 bits per heavy atom. The molecule has 112 valence electrons. The van der Waals surface area contributed by atoms with E-state index in [1.165, 1.54) is 0 Å². The molecule has 2 N–H and O–H groups in total. The van der Waals surface area contributed by atoms with Crippen LogP contribution in [0.15, 0.2) is 41.3 Å². The van der Waals surface area contributed by atoms with Crippen LogP contribution in [0.4, 0.5) is 8.78 Å². The zero-order chi connectivity index (χ0) is 15.6. The molecule has 0 saturated heterocycles. The van der Waals surface area contributed by atoms with Gasteiger partial charge in [-0.2, -0.15) is 0 Å². The molecule has 0 unspecified atom stereocenters. The van der Waals surface area contributed by atoms with Crippen molar-refractivity contribution in [3.8, 4) is 5.75 Å². The van der Waals surface area contributed by atoms with Crippen molar-refractivity contribution in [1.29, 1.82) is 0 Å². The fourth-order valence-corrected chi connectivity index (χ4v) is 2.47. The van der Waals surface area contributed by atoms with Crippen LogP contribution in [0.2, 0.25) is 0 Å². The minimum Gasteiger partial charge on any atom is -0.483 e. The van der Waals surface area contributed by atoms with Gasteiger partial charge in [-0.1, -0.05) is 12.1 Å². The largest absolute Gasteiger partial charge is 0.483 e. The van der Waals surface area contributed by atoms with E-state index < -0.39 is 32.3 Å². The standard InChI is InChI=1S/C13H10F2INO3S/c14-11-5-10(21(17,18)19)6-12(15)13(11)20-7-8-1-3-9(16)4-2-8/h1-6H,7H2,(H2,17,18,19). The molecule has 0 saturated carbocycles. The first-order valence-electron chi connectivity index (χ1n) is 5.66. The lowest BCUT2D eigenvalue weighted by Crippen LogP contribution is -2.13. The highest BCUT2D eigenvalue weighted by Crippen LogP contribution is 2.26. The van der Waals surface area contributed by atoms with Crippen LogP contribution < -0.4 is 9.88 Å². The Balaban J connectivity index is 2.23. The minimum atomic E-state index is -4.17. The summed E-state index contributed by atoms with van der Waals surface area (Å²) >= 11 is 2.13. The molecule has 0 fully saturated rings. The summed E-state index contributed by atoms with van der Waals surface area (Å²) in [5, 5.41) is 4.82. The fraction of sp³-hybridized carbons (Fsp3) is 0.0769. The maximum Gasteiger partial charge on any atom is 0.238 e. The first-order chi connectivity index (χ1) is 9.77. The summed E-state index contributed by atoms with van der Waals surface area (Å²) in [6.45, 7) is -0.0422. The summed E-state index contributed by atoms with van der Waals surface area (Å²) < 4.78 is 55.7. The Kier molecular flexibility index (Phi) is 4.79. The third-order valence-corrected chi connectivity index (χ3v) is 4.21. The molecule has 0 aliphatic rings. The number of primary sulfonamides is 1. The maximum absolute atomic E-state index is 13.7. The number of sulfonamides is 1. The molecule has 0 aliphatic carbocycles. The van der Waals surface area contributed by atoms with Gasteiger partial charge >= 0.3 is 0 Å². The van der Waals surface area contributed by atoms with Crippen LogP contribution in [0, 0.1) is 15.2 Å². The lowest BCUT2D eigenvalue weighted by atomic mass is 10.2. The smallest absolute Gasteiger partial charge is 0.238 e. The number of hydrogen-bond acceptors (Lipinski definition) is 3. The van der Waals surface area contributed by atoms with E-state index in [2.05, 4.69) is 22.6 Å². The molecule has 8 heteroatoms. The second kappa shape index (κ2) is 6.24. The molecule has 0 bridgehead atoms. The Hall–Kier alpha value is -1.26. The van der Waals surface area contributed by atoms with Gasteiger partial charge in [0.15, 0.2) is 17.4 Å². The molecule has 0 aliphatic heterocycles. The van der Waals surface area contributed by atoms with Gasteiger partial charge in [-0.25, -0.2) is 22.3 Å². The third kappa shape index (κ3) is 4.11. The van der Waals surface area contributed by atoms with Gasteiger partial charge in [0.25, 0.3) is 0 Å². The predicted molar refractivity (Wildman–Crippen MR) is 81.2 cm³/mol. The van der Waals surface area contributed by atoms with Crippen LogP contribution in [0.5, 0.6) is 5.75 Å². The van der Waals surface area contributed by atoms with E-state index in [1.54, 1.807) is 12.1 Å². The Morgan fingerprint density at radius 3 is 2.10 bits per heavy atom. The molecular weight excluding hydrogens is 415 g/mol. The molecule has 0 spiro atoms. The number of hydrogen-bond donors (Lipinski definition) is 1. The normalized spacial score (nSPS) is 11.4. The second-order valence-electron chi connectivity index (χ2n) is 4.18. The van der Waals surface area contributed by atoms with Gasteiger partial charge < -0.3 is 4.74 Å². The molecular formula is C13H10F2INO3S. The van der Waals surface area contributed by atoms with Crippen LogP contribution in [-0.4, -0.2) is 8.42 Å². The van der Waals surface area contributed by atoms with Crippen molar-refractivity contribution in [2.24, 2.45) is 5.14 Å². The van der Waals surface area contributed by atoms with E-state index >= 15 is 0 Å². The van der Waals surface area contributed by atoms with Gasteiger partial charge in [-0.05, 0) is 52.4 Å². The number of halogens is 3. The lowest BCUT2D eigenvalue weighted by Gasteiger charge is -2.09. The Morgan fingerprint density at radius 1 is 1.10 bits per heavy atom. The zero-order valence-corrected chi connectivity index (χ0v) is 13.5. The number of rotatable bonds is 4. The van der Waals surface area contributed by atoms with Crippen LogP contribution in [-0.2, 0) is 16.6 Å². The van der Waals surface area contributed by atoms with E-state index in [-0.39, 0.29) is 6.61 Å². The average molecular weight is 425 g/mol. The van der Waals surface area contributed by atoms with E-state index in [4.69, 9.17) is 9.88 Å². The Labute approximate surface area is 134 Å².